The molecule has 1 aromatic rings. The first-order chi connectivity index (χ1) is 7.54. The summed E-state index contributed by atoms with van der Waals surface area (Å²) in [5.41, 5.74) is 0.128. The van der Waals surface area contributed by atoms with E-state index in [2.05, 4.69) is 21.2 Å². The number of aromatic hydroxyl groups is 2. The van der Waals surface area contributed by atoms with E-state index in [1.807, 2.05) is 0 Å². The van der Waals surface area contributed by atoms with E-state index in [1.54, 1.807) is 0 Å². The molecular formula is C11H12BrNO3. The summed E-state index contributed by atoms with van der Waals surface area (Å²) in [4.78, 5) is 11.8. The normalized spacial score (nSPS) is 16.8. The van der Waals surface area contributed by atoms with Gasteiger partial charge in [0.25, 0.3) is 5.91 Å². The first kappa shape index (κ1) is 11.3. The molecule has 0 atom stereocenters. The molecular weight excluding hydrogens is 274 g/mol. The molecule has 1 fully saturated rings. The highest BCUT2D eigenvalue weighted by molar-refractivity contribution is 9.09. The average Bonchev–Trinajstić information content (AvgIpc) is 2.97. The van der Waals surface area contributed by atoms with E-state index >= 15 is 0 Å². The topological polar surface area (TPSA) is 69.6 Å². The Morgan fingerprint density at radius 2 is 1.88 bits per heavy atom. The van der Waals surface area contributed by atoms with Gasteiger partial charge < -0.3 is 15.5 Å². The van der Waals surface area contributed by atoms with Crippen LogP contribution in [-0.2, 0) is 0 Å². The lowest BCUT2D eigenvalue weighted by atomic mass is 10.1. The number of benzene rings is 1. The molecule has 0 aromatic heterocycles. The van der Waals surface area contributed by atoms with Crippen molar-refractivity contribution < 1.29 is 15.0 Å². The van der Waals surface area contributed by atoms with Crippen LogP contribution in [0.25, 0.3) is 0 Å². The van der Waals surface area contributed by atoms with E-state index in [0.717, 1.165) is 18.2 Å². The SMILES string of the molecule is O=C(NC1(CBr)CC1)c1cc(O)cc(O)c1. The van der Waals surface area contributed by atoms with Crippen molar-refractivity contribution in [2.45, 2.75) is 18.4 Å². The summed E-state index contributed by atoms with van der Waals surface area (Å²) in [7, 11) is 0. The molecule has 5 heteroatoms. The van der Waals surface area contributed by atoms with Crippen LogP contribution < -0.4 is 5.32 Å². The van der Waals surface area contributed by atoms with Crippen LogP contribution in [0.2, 0.25) is 0 Å². The van der Waals surface area contributed by atoms with Crippen molar-refractivity contribution in [3.8, 4) is 11.5 Å². The molecule has 1 aliphatic carbocycles. The van der Waals surface area contributed by atoms with Crippen molar-refractivity contribution in [2.24, 2.45) is 0 Å². The Balaban J connectivity index is 2.14. The van der Waals surface area contributed by atoms with Crippen LogP contribution in [-0.4, -0.2) is 27.0 Å². The fourth-order valence-corrected chi connectivity index (χ4v) is 2.18. The van der Waals surface area contributed by atoms with Gasteiger partial charge >= 0.3 is 0 Å². The Bertz CT molecular complexity index is 409. The third-order valence-electron chi connectivity index (χ3n) is 2.65. The lowest BCUT2D eigenvalue weighted by Gasteiger charge is -2.14. The van der Waals surface area contributed by atoms with E-state index in [0.29, 0.717) is 0 Å². The zero-order valence-electron chi connectivity index (χ0n) is 8.53. The summed E-state index contributed by atoms with van der Waals surface area (Å²) >= 11 is 3.35. The van der Waals surface area contributed by atoms with E-state index in [4.69, 9.17) is 0 Å². The van der Waals surface area contributed by atoms with Crippen molar-refractivity contribution in [2.75, 3.05) is 5.33 Å². The molecule has 0 saturated heterocycles. The van der Waals surface area contributed by atoms with Gasteiger partial charge in [-0.05, 0) is 25.0 Å². The minimum atomic E-state index is -0.275. The molecule has 0 heterocycles. The molecule has 86 valence electrons. The van der Waals surface area contributed by atoms with Gasteiger partial charge in [0.1, 0.15) is 11.5 Å². The number of carbonyl (C=O) groups is 1. The van der Waals surface area contributed by atoms with Gasteiger partial charge in [-0.2, -0.15) is 0 Å². The predicted molar refractivity (Wildman–Crippen MR) is 63.0 cm³/mol. The van der Waals surface area contributed by atoms with Gasteiger partial charge in [0.05, 0.1) is 5.54 Å². The maximum atomic E-state index is 11.8. The molecule has 1 aliphatic rings. The number of rotatable bonds is 3. The molecule has 1 aromatic carbocycles. The van der Waals surface area contributed by atoms with Crippen molar-refractivity contribution in [3.63, 3.8) is 0 Å². The fraction of sp³-hybridized carbons (Fsp3) is 0.364. The smallest absolute Gasteiger partial charge is 0.252 e. The molecule has 0 aliphatic heterocycles. The lowest BCUT2D eigenvalue weighted by Crippen LogP contribution is -2.38. The summed E-state index contributed by atoms with van der Waals surface area (Å²) in [5, 5.41) is 22.1. The van der Waals surface area contributed by atoms with Crippen LogP contribution in [0.3, 0.4) is 0 Å². The lowest BCUT2D eigenvalue weighted by molar-refractivity contribution is 0.0935. The van der Waals surface area contributed by atoms with Crippen molar-refractivity contribution in [3.05, 3.63) is 23.8 Å². The number of nitrogens with one attached hydrogen (secondary N) is 1. The Labute approximate surface area is 101 Å². The zero-order chi connectivity index (χ0) is 11.8. The Hall–Kier alpha value is -1.23. The minimum absolute atomic E-state index is 0.117. The third-order valence-corrected chi connectivity index (χ3v) is 3.73. The molecule has 4 nitrogen and oxygen atoms in total. The molecule has 1 saturated carbocycles. The number of hydrogen-bond acceptors (Lipinski definition) is 3. The Kier molecular flexibility index (Phi) is 2.80. The van der Waals surface area contributed by atoms with E-state index < -0.39 is 0 Å². The number of halogens is 1. The molecule has 0 unspecified atom stereocenters. The van der Waals surface area contributed by atoms with Gasteiger partial charge in [-0.15, -0.1) is 0 Å². The van der Waals surface area contributed by atoms with E-state index in [-0.39, 0.29) is 28.5 Å². The summed E-state index contributed by atoms with van der Waals surface area (Å²) < 4.78 is 0. The van der Waals surface area contributed by atoms with Crippen LogP contribution in [0, 0.1) is 0 Å². The second-order valence-electron chi connectivity index (χ2n) is 4.11. The maximum Gasteiger partial charge on any atom is 0.252 e. The number of amides is 1. The second-order valence-corrected chi connectivity index (χ2v) is 4.67. The molecule has 16 heavy (non-hydrogen) atoms. The Morgan fingerprint density at radius 1 is 1.31 bits per heavy atom. The highest BCUT2D eigenvalue weighted by Gasteiger charge is 2.43. The average molecular weight is 286 g/mol. The van der Waals surface area contributed by atoms with E-state index in [1.165, 1.54) is 18.2 Å². The van der Waals surface area contributed by atoms with Crippen LogP contribution in [0.15, 0.2) is 18.2 Å². The van der Waals surface area contributed by atoms with Gasteiger partial charge in [-0.1, -0.05) is 15.9 Å². The fourth-order valence-electron chi connectivity index (χ4n) is 1.48. The highest BCUT2D eigenvalue weighted by atomic mass is 79.9. The maximum absolute atomic E-state index is 11.8. The van der Waals surface area contributed by atoms with Crippen molar-refractivity contribution in [1.82, 2.24) is 5.32 Å². The molecule has 3 N–H and O–H groups in total. The minimum Gasteiger partial charge on any atom is -0.508 e. The molecule has 1 amide bonds. The number of phenolic OH excluding ortho intramolecular Hbond substituents is 2. The number of hydrogen-bond donors (Lipinski definition) is 3. The van der Waals surface area contributed by atoms with Crippen molar-refractivity contribution in [1.29, 1.82) is 0 Å². The number of alkyl halides is 1. The summed E-state index contributed by atoms with van der Waals surface area (Å²) in [6.45, 7) is 0. The monoisotopic (exact) mass is 285 g/mol. The van der Waals surface area contributed by atoms with E-state index in [9.17, 15) is 15.0 Å². The molecule has 0 bridgehead atoms. The predicted octanol–water partition coefficient (Wildman–Crippen LogP) is 1.76. The standard InChI is InChI=1S/C11H12BrNO3/c12-6-11(1-2-11)13-10(16)7-3-8(14)5-9(15)4-7/h3-5,14-15H,1-2,6H2,(H,13,16). The van der Waals surface area contributed by atoms with Crippen LogP contribution >= 0.6 is 15.9 Å². The second kappa shape index (κ2) is 3.97. The zero-order valence-corrected chi connectivity index (χ0v) is 10.1. The summed E-state index contributed by atoms with van der Waals surface area (Å²) in [5.74, 6) is -0.508. The highest BCUT2D eigenvalue weighted by Crippen LogP contribution is 2.37. The summed E-state index contributed by atoms with van der Waals surface area (Å²) in [6, 6.07) is 3.85. The van der Waals surface area contributed by atoms with Gasteiger partial charge in [-0.3, -0.25) is 4.79 Å². The third kappa shape index (κ3) is 2.29. The van der Waals surface area contributed by atoms with Crippen LogP contribution in [0.4, 0.5) is 0 Å². The largest absolute Gasteiger partial charge is 0.508 e. The van der Waals surface area contributed by atoms with Gasteiger partial charge in [0.15, 0.2) is 0 Å². The number of phenols is 2. The molecule has 2 rings (SSSR count). The van der Waals surface area contributed by atoms with Gasteiger partial charge in [0, 0.05) is 17.0 Å². The summed E-state index contributed by atoms with van der Waals surface area (Å²) in [6.07, 6.45) is 1.91. The first-order valence-electron chi connectivity index (χ1n) is 4.96. The number of carbonyl (C=O) groups excluding carboxylic acids is 1. The van der Waals surface area contributed by atoms with Gasteiger partial charge in [0.2, 0.25) is 0 Å². The van der Waals surface area contributed by atoms with Crippen molar-refractivity contribution >= 4 is 21.8 Å². The first-order valence-corrected chi connectivity index (χ1v) is 6.08. The van der Waals surface area contributed by atoms with Crippen LogP contribution in [0.5, 0.6) is 11.5 Å². The molecule has 0 radical (unpaired) electrons. The Morgan fingerprint density at radius 3 is 2.31 bits per heavy atom. The quantitative estimate of drug-likeness (QED) is 0.741. The van der Waals surface area contributed by atoms with Crippen LogP contribution in [0.1, 0.15) is 23.2 Å². The van der Waals surface area contributed by atoms with Gasteiger partial charge in [-0.25, -0.2) is 0 Å². The molecule has 0 spiro atoms.